The van der Waals surface area contributed by atoms with Crippen molar-refractivity contribution in [2.24, 2.45) is 5.92 Å². The number of hydrogen-bond acceptors (Lipinski definition) is 5. The van der Waals surface area contributed by atoms with Gasteiger partial charge in [-0.15, -0.1) is 0 Å². The molecule has 0 fully saturated rings. The van der Waals surface area contributed by atoms with Crippen LogP contribution in [0.15, 0.2) is 30.3 Å². The van der Waals surface area contributed by atoms with Gasteiger partial charge >= 0.3 is 0 Å². The number of aromatic nitrogens is 2. The molecule has 1 aromatic carbocycles. The Labute approximate surface area is 144 Å². The standard InChI is InChI=1S/C19H28N4O/c1-13(2)10-11-20-18-12-19(22-15(5)21-18)23-16-6-8-17(9-7-16)24-14(3)4/h6-9,12-14H,10-11H2,1-5H3,(H2,20,21,22,23). The van der Waals surface area contributed by atoms with E-state index >= 15 is 0 Å². The van der Waals surface area contributed by atoms with Crippen molar-refractivity contribution in [3.8, 4) is 5.75 Å². The van der Waals surface area contributed by atoms with Crippen molar-refractivity contribution in [1.82, 2.24) is 9.97 Å². The minimum atomic E-state index is 0.174. The molecule has 130 valence electrons. The lowest BCUT2D eigenvalue weighted by Gasteiger charge is -2.12. The van der Waals surface area contributed by atoms with E-state index in [1.165, 1.54) is 0 Å². The molecule has 0 bridgehead atoms. The molecule has 0 atom stereocenters. The molecular weight excluding hydrogens is 300 g/mol. The molecule has 0 amide bonds. The van der Waals surface area contributed by atoms with Crippen LogP contribution in [-0.4, -0.2) is 22.6 Å². The molecule has 0 aliphatic rings. The molecule has 2 aromatic rings. The number of nitrogens with one attached hydrogen (secondary N) is 2. The third-order valence-electron chi connectivity index (χ3n) is 3.36. The summed E-state index contributed by atoms with van der Waals surface area (Å²) < 4.78 is 5.66. The number of hydrogen-bond donors (Lipinski definition) is 2. The van der Waals surface area contributed by atoms with Crippen LogP contribution in [0.2, 0.25) is 0 Å². The summed E-state index contributed by atoms with van der Waals surface area (Å²) in [5.41, 5.74) is 0.970. The summed E-state index contributed by atoms with van der Waals surface area (Å²) in [5.74, 6) is 3.92. The van der Waals surface area contributed by atoms with Crippen molar-refractivity contribution < 1.29 is 4.74 Å². The van der Waals surface area contributed by atoms with E-state index in [0.717, 1.165) is 41.9 Å². The molecule has 0 spiro atoms. The van der Waals surface area contributed by atoms with Crippen LogP contribution < -0.4 is 15.4 Å². The zero-order chi connectivity index (χ0) is 17.5. The highest BCUT2D eigenvalue weighted by molar-refractivity contribution is 5.60. The van der Waals surface area contributed by atoms with E-state index in [4.69, 9.17) is 4.74 Å². The summed E-state index contributed by atoms with van der Waals surface area (Å²) in [4.78, 5) is 8.89. The number of aryl methyl sites for hydroxylation is 1. The maximum Gasteiger partial charge on any atom is 0.136 e. The largest absolute Gasteiger partial charge is 0.491 e. The van der Waals surface area contributed by atoms with Gasteiger partial charge in [0.05, 0.1) is 6.10 Å². The van der Waals surface area contributed by atoms with Crippen molar-refractivity contribution in [3.63, 3.8) is 0 Å². The summed E-state index contributed by atoms with van der Waals surface area (Å²) >= 11 is 0. The molecule has 0 radical (unpaired) electrons. The van der Waals surface area contributed by atoms with Gasteiger partial charge in [0.25, 0.3) is 0 Å². The van der Waals surface area contributed by atoms with E-state index in [1.54, 1.807) is 0 Å². The Kier molecular flexibility index (Phi) is 6.41. The number of nitrogens with zero attached hydrogens (tertiary/aromatic N) is 2. The fourth-order valence-electron chi connectivity index (χ4n) is 2.25. The lowest BCUT2D eigenvalue weighted by Crippen LogP contribution is -2.08. The Bertz CT molecular complexity index is 638. The van der Waals surface area contributed by atoms with Gasteiger partial charge in [0.2, 0.25) is 0 Å². The Morgan fingerprint density at radius 1 is 1.00 bits per heavy atom. The maximum atomic E-state index is 5.66. The van der Waals surface area contributed by atoms with Gasteiger partial charge in [-0.05, 0) is 57.4 Å². The summed E-state index contributed by atoms with van der Waals surface area (Å²) in [5, 5.41) is 6.68. The molecule has 5 nitrogen and oxygen atoms in total. The molecule has 24 heavy (non-hydrogen) atoms. The molecule has 5 heteroatoms. The first-order valence-corrected chi connectivity index (χ1v) is 8.55. The zero-order valence-corrected chi connectivity index (χ0v) is 15.3. The van der Waals surface area contributed by atoms with Gasteiger partial charge in [-0.3, -0.25) is 0 Å². The van der Waals surface area contributed by atoms with E-state index in [1.807, 2.05) is 51.1 Å². The Hall–Kier alpha value is -2.30. The van der Waals surface area contributed by atoms with Gasteiger partial charge in [-0.1, -0.05) is 13.8 Å². The van der Waals surface area contributed by atoms with Crippen LogP contribution in [0.4, 0.5) is 17.3 Å². The first-order valence-electron chi connectivity index (χ1n) is 8.55. The fourth-order valence-corrected chi connectivity index (χ4v) is 2.25. The summed E-state index contributed by atoms with van der Waals surface area (Å²) in [6.45, 7) is 11.3. The first-order chi connectivity index (χ1) is 11.4. The third-order valence-corrected chi connectivity index (χ3v) is 3.36. The maximum absolute atomic E-state index is 5.66. The van der Waals surface area contributed by atoms with Crippen LogP contribution in [0, 0.1) is 12.8 Å². The molecule has 1 aromatic heterocycles. The van der Waals surface area contributed by atoms with Gasteiger partial charge in [-0.2, -0.15) is 0 Å². The second-order valence-corrected chi connectivity index (χ2v) is 6.61. The number of anilines is 3. The normalized spacial score (nSPS) is 11.0. The van der Waals surface area contributed by atoms with Crippen LogP contribution in [0.25, 0.3) is 0 Å². The van der Waals surface area contributed by atoms with Crippen molar-refractivity contribution in [2.75, 3.05) is 17.2 Å². The Balaban J connectivity index is 2.02. The molecule has 2 rings (SSSR count). The summed E-state index contributed by atoms with van der Waals surface area (Å²) in [6.07, 6.45) is 1.29. The second-order valence-electron chi connectivity index (χ2n) is 6.61. The van der Waals surface area contributed by atoms with Gasteiger partial charge in [0, 0.05) is 18.3 Å². The van der Waals surface area contributed by atoms with Gasteiger partial charge in [-0.25, -0.2) is 9.97 Å². The van der Waals surface area contributed by atoms with Crippen LogP contribution in [0.3, 0.4) is 0 Å². The predicted molar refractivity (Wildman–Crippen MR) is 100 cm³/mol. The number of ether oxygens (including phenoxy) is 1. The highest BCUT2D eigenvalue weighted by Gasteiger charge is 2.04. The minimum Gasteiger partial charge on any atom is -0.491 e. The van der Waals surface area contributed by atoms with E-state index in [-0.39, 0.29) is 6.10 Å². The van der Waals surface area contributed by atoms with Crippen LogP contribution >= 0.6 is 0 Å². The smallest absolute Gasteiger partial charge is 0.136 e. The molecule has 0 unspecified atom stereocenters. The summed E-state index contributed by atoms with van der Waals surface area (Å²) in [6, 6.07) is 9.82. The monoisotopic (exact) mass is 328 g/mol. The lowest BCUT2D eigenvalue weighted by atomic mass is 10.1. The minimum absolute atomic E-state index is 0.174. The van der Waals surface area contributed by atoms with E-state index in [9.17, 15) is 0 Å². The predicted octanol–water partition coefficient (Wildman–Crippen LogP) is 4.77. The van der Waals surface area contributed by atoms with Crippen molar-refractivity contribution in [2.45, 2.75) is 47.1 Å². The second kappa shape index (κ2) is 8.52. The van der Waals surface area contributed by atoms with Crippen LogP contribution in [0.5, 0.6) is 5.75 Å². The third kappa shape index (κ3) is 6.07. The molecule has 0 saturated carbocycles. The average molecular weight is 328 g/mol. The Morgan fingerprint density at radius 2 is 1.67 bits per heavy atom. The van der Waals surface area contributed by atoms with E-state index in [0.29, 0.717) is 5.92 Å². The van der Waals surface area contributed by atoms with E-state index in [2.05, 4.69) is 34.4 Å². The number of benzene rings is 1. The van der Waals surface area contributed by atoms with Gasteiger partial charge < -0.3 is 15.4 Å². The quantitative estimate of drug-likeness (QED) is 0.730. The van der Waals surface area contributed by atoms with Crippen LogP contribution in [0.1, 0.15) is 39.9 Å². The molecule has 0 saturated heterocycles. The summed E-state index contributed by atoms with van der Waals surface area (Å²) in [7, 11) is 0. The zero-order valence-electron chi connectivity index (χ0n) is 15.3. The van der Waals surface area contributed by atoms with Crippen molar-refractivity contribution in [1.29, 1.82) is 0 Å². The SMILES string of the molecule is Cc1nc(NCCC(C)C)cc(Nc2ccc(OC(C)C)cc2)n1. The van der Waals surface area contributed by atoms with Gasteiger partial charge in [0.1, 0.15) is 23.2 Å². The van der Waals surface area contributed by atoms with Crippen molar-refractivity contribution >= 4 is 17.3 Å². The topological polar surface area (TPSA) is 59.1 Å². The highest BCUT2D eigenvalue weighted by atomic mass is 16.5. The fraction of sp³-hybridized carbons (Fsp3) is 0.474. The molecule has 0 aliphatic carbocycles. The Morgan fingerprint density at radius 3 is 2.29 bits per heavy atom. The molecule has 2 N–H and O–H groups in total. The first kappa shape index (κ1) is 18.0. The average Bonchev–Trinajstić information content (AvgIpc) is 2.48. The molecule has 1 heterocycles. The lowest BCUT2D eigenvalue weighted by molar-refractivity contribution is 0.242. The highest BCUT2D eigenvalue weighted by Crippen LogP contribution is 2.21. The number of rotatable bonds is 8. The van der Waals surface area contributed by atoms with E-state index < -0.39 is 0 Å². The molecular formula is C19H28N4O. The van der Waals surface area contributed by atoms with Crippen molar-refractivity contribution in [3.05, 3.63) is 36.2 Å². The van der Waals surface area contributed by atoms with Crippen LogP contribution in [-0.2, 0) is 0 Å². The van der Waals surface area contributed by atoms with Gasteiger partial charge in [0.15, 0.2) is 0 Å². The molecule has 0 aliphatic heterocycles.